The fourth-order valence-corrected chi connectivity index (χ4v) is 2.29. The molecule has 1 aromatic rings. The van der Waals surface area contributed by atoms with E-state index in [-0.39, 0.29) is 5.92 Å². The molecule has 0 spiro atoms. The molecule has 0 aliphatic heterocycles. The zero-order valence-electron chi connectivity index (χ0n) is 12.2. The van der Waals surface area contributed by atoms with E-state index in [2.05, 4.69) is 29.4 Å². The number of carboxylic acid groups (broad SMARTS) is 1. The minimum absolute atomic E-state index is 0.258. The van der Waals surface area contributed by atoms with E-state index in [1.54, 1.807) is 4.68 Å². The highest BCUT2D eigenvalue weighted by molar-refractivity contribution is 5.69. The SMILES string of the molecule is CCCC(C)c1nnnn1CC(CC(C)C)C(=O)O. The van der Waals surface area contributed by atoms with Gasteiger partial charge in [0.1, 0.15) is 0 Å². The number of aromatic nitrogens is 4. The molecule has 19 heavy (non-hydrogen) atoms. The number of nitrogens with zero attached hydrogens (tertiary/aromatic N) is 4. The largest absolute Gasteiger partial charge is 0.481 e. The maximum Gasteiger partial charge on any atom is 0.308 e. The molecule has 1 aromatic heterocycles. The third-order valence-electron chi connectivity index (χ3n) is 3.22. The molecule has 0 radical (unpaired) electrons. The van der Waals surface area contributed by atoms with Gasteiger partial charge in [0.15, 0.2) is 5.82 Å². The Bertz CT molecular complexity index is 403. The Labute approximate surface area is 114 Å². The molecule has 1 heterocycles. The highest BCUT2D eigenvalue weighted by atomic mass is 16.4. The summed E-state index contributed by atoms with van der Waals surface area (Å²) < 4.78 is 1.65. The quantitative estimate of drug-likeness (QED) is 0.782. The summed E-state index contributed by atoms with van der Waals surface area (Å²) in [5.41, 5.74) is 0. The number of hydrogen-bond donors (Lipinski definition) is 1. The number of carboxylic acids is 1. The van der Waals surface area contributed by atoms with Crippen LogP contribution in [-0.2, 0) is 11.3 Å². The number of carbonyl (C=O) groups is 1. The average molecular weight is 268 g/mol. The summed E-state index contributed by atoms with van der Waals surface area (Å²) in [4.78, 5) is 11.3. The number of tetrazole rings is 1. The van der Waals surface area contributed by atoms with Crippen molar-refractivity contribution in [2.75, 3.05) is 0 Å². The lowest BCUT2D eigenvalue weighted by Crippen LogP contribution is -2.24. The third-order valence-corrected chi connectivity index (χ3v) is 3.22. The molecule has 0 saturated heterocycles. The standard InChI is InChI=1S/C13H24N4O2/c1-5-6-10(4)12-14-15-16-17(12)8-11(13(18)19)7-9(2)3/h9-11H,5-8H2,1-4H3,(H,18,19). The van der Waals surface area contributed by atoms with Gasteiger partial charge in [0.05, 0.1) is 12.5 Å². The van der Waals surface area contributed by atoms with Gasteiger partial charge in [-0.2, -0.15) is 0 Å². The monoisotopic (exact) mass is 268 g/mol. The lowest BCUT2D eigenvalue weighted by atomic mass is 9.97. The van der Waals surface area contributed by atoms with Crippen LogP contribution in [0.1, 0.15) is 58.7 Å². The minimum atomic E-state index is -0.779. The zero-order valence-corrected chi connectivity index (χ0v) is 12.2. The highest BCUT2D eigenvalue weighted by Crippen LogP contribution is 2.20. The first-order chi connectivity index (χ1) is 8.95. The molecule has 2 unspecified atom stereocenters. The first kappa shape index (κ1) is 15.6. The average Bonchev–Trinajstić information content (AvgIpc) is 2.76. The molecule has 0 aromatic carbocycles. The van der Waals surface area contributed by atoms with Crippen molar-refractivity contribution in [3.8, 4) is 0 Å². The first-order valence-corrected chi connectivity index (χ1v) is 6.94. The van der Waals surface area contributed by atoms with E-state index < -0.39 is 11.9 Å². The van der Waals surface area contributed by atoms with Gasteiger partial charge in [-0.15, -0.1) is 5.10 Å². The Balaban J connectivity index is 2.79. The number of aliphatic carboxylic acids is 1. The van der Waals surface area contributed by atoms with E-state index in [4.69, 9.17) is 0 Å². The highest BCUT2D eigenvalue weighted by Gasteiger charge is 2.23. The molecule has 6 nitrogen and oxygen atoms in total. The Hall–Kier alpha value is -1.46. The summed E-state index contributed by atoms with van der Waals surface area (Å²) in [7, 11) is 0. The van der Waals surface area contributed by atoms with Gasteiger partial charge in [-0.25, -0.2) is 4.68 Å². The molecule has 0 saturated carbocycles. The van der Waals surface area contributed by atoms with Crippen molar-refractivity contribution in [1.29, 1.82) is 0 Å². The molecule has 108 valence electrons. The minimum Gasteiger partial charge on any atom is -0.481 e. The second-order valence-electron chi connectivity index (χ2n) is 5.57. The predicted molar refractivity (Wildman–Crippen MR) is 71.7 cm³/mol. The number of hydrogen-bond acceptors (Lipinski definition) is 4. The molecule has 2 atom stereocenters. The first-order valence-electron chi connectivity index (χ1n) is 6.94. The van der Waals surface area contributed by atoms with Gasteiger partial charge in [-0.05, 0) is 29.2 Å². The third kappa shape index (κ3) is 4.61. The summed E-state index contributed by atoms with van der Waals surface area (Å²) in [6.45, 7) is 8.59. The molecule has 1 N–H and O–H groups in total. The van der Waals surface area contributed by atoms with Crippen LogP contribution < -0.4 is 0 Å². The maximum absolute atomic E-state index is 11.3. The van der Waals surface area contributed by atoms with E-state index in [1.807, 2.05) is 13.8 Å². The Morgan fingerprint density at radius 2 is 2.05 bits per heavy atom. The van der Waals surface area contributed by atoms with Crippen molar-refractivity contribution in [2.45, 2.75) is 59.4 Å². The van der Waals surface area contributed by atoms with E-state index in [9.17, 15) is 9.90 Å². The van der Waals surface area contributed by atoms with Crippen molar-refractivity contribution in [2.24, 2.45) is 11.8 Å². The van der Waals surface area contributed by atoms with Crippen LogP contribution in [-0.4, -0.2) is 31.3 Å². The fourth-order valence-electron chi connectivity index (χ4n) is 2.29. The summed E-state index contributed by atoms with van der Waals surface area (Å²) in [5.74, 6) is 0.175. The maximum atomic E-state index is 11.3. The Morgan fingerprint density at radius 3 is 2.58 bits per heavy atom. The summed E-state index contributed by atoms with van der Waals surface area (Å²) in [6, 6.07) is 0. The molecular formula is C13H24N4O2. The zero-order chi connectivity index (χ0) is 14.4. The Kier molecular flexibility index (Phi) is 5.92. The van der Waals surface area contributed by atoms with Crippen molar-refractivity contribution in [3.05, 3.63) is 5.82 Å². The summed E-state index contributed by atoms with van der Waals surface area (Å²) >= 11 is 0. The van der Waals surface area contributed by atoms with Gasteiger partial charge >= 0.3 is 5.97 Å². The second-order valence-corrected chi connectivity index (χ2v) is 5.57. The van der Waals surface area contributed by atoms with Crippen molar-refractivity contribution < 1.29 is 9.90 Å². The van der Waals surface area contributed by atoms with Gasteiger partial charge in [0.2, 0.25) is 0 Å². The predicted octanol–water partition coefficient (Wildman–Crippen LogP) is 2.32. The van der Waals surface area contributed by atoms with Gasteiger partial charge in [0, 0.05) is 5.92 Å². The molecule has 0 fully saturated rings. The van der Waals surface area contributed by atoms with Crippen LogP contribution in [0, 0.1) is 11.8 Å². The molecule has 1 rings (SSSR count). The molecule has 0 aliphatic carbocycles. The van der Waals surface area contributed by atoms with Crippen LogP contribution in [0.5, 0.6) is 0 Å². The molecule has 0 aliphatic rings. The molecule has 0 amide bonds. The van der Waals surface area contributed by atoms with Gasteiger partial charge < -0.3 is 5.11 Å². The second kappa shape index (κ2) is 7.21. The molecule has 6 heteroatoms. The smallest absolute Gasteiger partial charge is 0.308 e. The van der Waals surface area contributed by atoms with Crippen LogP contribution >= 0.6 is 0 Å². The topological polar surface area (TPSA) is 80.9 Å². The molecular weight excluding hydrogens is 244 g/mol. The lowest BCUT2D eigenvalue weighted by Gasteiger charge is -2.16. The number of rotatable bonds is 8. The van der Waals surface area contributed by atoms with Gasteiger partial charge in [-0.3, -0.25) is 4.79 Å². The van der Waals surface area contributed by atoms with Crippen molar-refractivity contribution in [3.63, 3.8) is 0 Å². The van der Waals surface area contributed by atoms with E-state index >= 15 is 0 Å². The van der Waals surface area contributed by atoms with Gasteiger partial charge in [0.25, 0.3) is 0 Å². The van der Waals surface area contributed by atoms with Crippen LogP contribution in [0.25, 0.3) is 0 Å². The van der Waals surface area contributed by atoms with Crippen molar-refractivity contribution in [1.82, 2.24) is 20.2 Å². The summed E-state index contributed by atoms with van der Waals surface area (Å²) in [6.07, 6.45) is 2.70. The van der Waals surface area contributed by atoms with Crippen LogP contribution in [0.2, 0.25) is 0 Å². The van der Waals surface area contributed by atoms with Gasteiger partial charge in [-0.1, -0.05) is 34.1 Å². The lowest BCUT2D eigenvalue weighted by molar-refractivity contribution is -0.142. The summed E-state index contributed by atoms with van der Waals surface area (Å²) in [5, 5.41) is 20.9. The van der Waals surface area contributed by atoms with Crippen LogP contribution in [0.4, 0.5) is 0 Å². The van der Waals surface area contributed by atoms with Crippen LogP contribution in [0.3, 0.4) is 0 Å². The van der Waals surface area contributed by atoms with E-state index in [0.717, 1.165) is 18.7 Å². The van der Waals surface area contributed by atoms with Crippen molar-refractivity contribution >= 4 is 5.97 Å². The Morgan fingerprint density at radius 1 is 1.37 bits per heavy atom. The normalized spacial score (nSPS) is 14.6. The van der Waals surface area contributed by atoms with Crippen LogP contribution in [0.15, 0.2) is 0 Å². The fraction of sp³-hybridized carbons (Fsp3) is 0.846. The van der Waals surface area contributed by atoms with E-state index in [0.29, 0.717) is 18.9 Å². The van der Waals surface area contributed by atoms with E-state index in [1.165, 1.54) is 0 Å². The molecule has 0 bridgehead atoms.